The number of anilines is 2. The highest BCUT2D eigenvalue weighted by Gasteiger charge is 2.10. The van der Waals surface area contributed by atoms with E-state index < -0.39 is 0 Å². The van der Waals surface area contributed by atoms with Crippen molar-refractivity contribution in [1.29, 1.82) is 0 Å². The molecule has 2 N–H and O–H groups in total. The number of hydrogen-bond acceptors (Lipinski definition) is 5. The van der Waals surface area contributed by atoms with Gasteiger partial charge in [0.25, 0.3) is 0 Å². The lowest BCUT2D eigenvalue weighted by molar-refractivity contribution is -0.114. The molecule has 0 spiro atoms. The molecule has 0 unspecified atom stereocenters. The fourth-order valence-electron chi connectivity index (χ4n) is 2.49. The molecular weight excluding hydrogens is 362 g/mol. The summed E-state index contributed by atoms with van der Waals surface area (Å²) in [7, 11) is 0. The number of benzene rings is 2. The Morgan fingerprint density at radius 1 is 0.963 bits per heavy atom. The van der Waals surface area contributed by atoms with Crippen molar-refractivity contribution < 1.29 is 14.1 Å². The zero-order chi connectivity index (χ0) is 19.1. The number of aromatic nitrogens is 1. The number of rotatable bonds is 7. The van der Waals surface area contributed by atoms with E-state index in [2.05, 4.69) is 15.8 Å². The van der Waals surface area contributed by atoms with Gasteiger partial charge in [-0.05, 0) is 18.6 Å². The number of hydrogen-bond donors (Lipinski definition) is 2. The van der Waals surface area contributed by atoms with Crippen LogP contribution in [0.3, 0.4) is 0 Å². The Morgan fingerprint density at radius 3 is 2.33 bits per heavy atom. The Hall–Kier alpha value is -3.06. The summed E-state index contributed by atoms with van der Waals surface area (Å²) in [6.07, 6.45) is 0. The van der Waals surface area contributed by atoms with Crippen LogP contribution in [-0.4, -0.2) is 28.5 Å². The summed E-state index contributed by atoms with van der Waals surface area (Å²) in [6.45, 7) is 1.75. The van der Waals surface area contributed by atoms with Crippen LogP contribution in [-0.2, 0) is 9.59 Å². The normalized spacial score (nSPS) is 10.4. The Morgan fingerprint density at radius 2 is 1.63 bits per heavy atom. The molecule has 2 aromatic carbocycles. The fourth-order valence-corrected chi connectivity index (χ4v) is 3.11. The Balaban J connectivity index is 1.51. The van der Waals surface area contributed by atoms with Gasteiger partial charge >= 0.3 is 0 Å². The molecule has 0 bridgehead atoms. The van der Waals surface area contributed by atoms with E-state index in [4.69, 9.17) is 4.52 Å². The van der Waals surface area contributed by atoms with Gasteiger partial charge in [0, 0.05) is 17.3 Å². The van der Waals surface area contributed by atoms with E-state index in [1.54, 1.807) is 13.0 Å². The van der Waals surface area contributed by atoms with E-state index in [1.165, 1.54) is 11.8 Å². The molecule has 1 heterocycles. The smallest absolute Gasteiger partial charge is 0.235 e. The minimum absolute atomic E-state index is 0.152. The molecule has 2 amide bonds. The summed E-state index contributed by atoms with van der Waals surface area (Å²) in [5, 5.41) is 9.24. The Kier molecular flexibility index (Phi) is 6.27. The van der Waals surface area contributed by atoms with E-state index in [0.717, 1.165) is 16.8 Å². The lowest BCUT2D eigenvalue weighted by Crippen LogP contribution is -2.18. The van der Waals surface area contributed by atoms with Gasteiger partial charge in [-0.2, -0.15) is 0 Å². The summed E-state index contributed by atoms with van der Waals surface area (Å²) >= 11 is 1.23. The van der Waals surface area contributed by atoms with E-state index in [9.17, 15) is 9.59 Å². The summed E-state index contributed by atoms with van der Waals surface area (Å²) in [4.78, 5) is 24.1. The van der Waals surface area contributed by atoms with Crippen LogP contribution >= 0.6 is 11.8 Å². The van der Waals surface area contributed by atoms with Crippen LogP contribution in [0, 0.1) is 6.92 Å². The molecule has 6 nitrogen and oxygen atoms in total. The van der Waals surface area contributed by atoms with Gasteiger partial charge in [-0.1, -0.05) is 53.7 Å². The predicted octanol–water partition coefficient (Wildman–Crippen LogP) is 3.96. The third-order valence-electron chi connectivity index (χ3n) is 3.65. The van der Waals surface area contributed by atoms with Crippen molar-refractivity contribution in [1.82, 2.24) is 5.16 Å². The van der Waals surface area contributed by atoms with Crippen molar-refractivity contribution in [2.45, 2.75) is 6.92 Å². The highest BCUT2D eigenvalue weighted by molar-refractivity contribution is 8.00. The van der Waals surface area contributed by atoms with Crippen LogP contribution < -0.4 is 10.6 Å². The van der Waals surface area contributed by atoms with Gasteiger partial charge in [-0.3, -0.25) is 9.59 Å². The maximum Gasteiger partial charge on any atom is 0.235 e. The number of carbonyl (C=O) groups is 2. The zero-order valence-electron chi connectivity index (χ0n) is 14.8. The molecule has 7 heteroatoms. The molecule has 0 fully saturated rings. The highest BCUT2D eigenvalue weighted by atomic mass is 32.2. The van der Waals surface area contributed by atoms with Crippen molar-refractivity contribution in [2.75, 3.05) is 22.1 Å². The molecule has 3 rings (SSSR count). The third-order valence-corrected chi connectivity index (χ3v) is 4.58. The summed E-state index contributed by atoms with van der Waals surface area (Å²) in [5.41, 5.74) is 2.73. The van der Waals surface area contributed by atoms with Gasteiger partial charge in [0.1, 0.15) is 5.76 Å². The fraction of sp³-hybridized carbons (Fsp3) is 0.150. The number of thioether (sulfide) groups is 1. The second-order valence-corrected chi connectivity index (χ2v) is 6.81. The number of nitrogens with zero attached hydrogens (tertiary/aromatic N) is 1. The number of nitrogens with one attached hydrogen (secondary N) is 2. The van der Waals surface area contributed by atoms with Crippen molar-refractivity contribution in [3.05, 3.63) is 66.4 Å². The Bertz CT molecular complexity index is 925. The summed E-state index contributed by atoms with van der Waals surface area (Å²) < 4.78 is 4.89. The third kappa shape index (κ3) is 5.46. The molecule has 3 aromatic rings. The molecule has 0 radical (unpaired) electrons. The van der Waals surface area contributed by atoms with Crippen molar-refractivity contribution in [3.8, 4) is 11.1 Å². The summed E-state index contributed by atoms with van der Waals surface area (Å²) in [5.74, 6) is 0.932. The number of para-hydroxylation sites is 1. The first-order valence-electron chi connectivity index (χ1n) is 8.37. The zero-order valence-corrected chi connectivity index (χ0v) is 15.6. The van der Waals surface area contributed by atoms with Crippen LogP contribution in [0.4, 0.5) is 11.5 Å². The summed E-state index contributed by atoms with van der Waals surface area (Å²) in [6, 6.07) is 19.1. The predicted molar refractivity (Wildman–Crippen MR) is 108 cm³/mol. The molecular formula is C20H19N3O3S. The lowest BCUT2D eigenvalue weighted by atomic mass is 10.0. The van der Waals surface area contributed by atoms with Gasteiger partial charge in [0.05, 0.1) is 11.5 Å². The van der Waals surface area contributed by atoms with Crippen LogP contribution in [0.25, 0.3) is 11.1 Å². The molecule has 0 atom stereocenters. The number of aryl methyl sites for hydroxylation is 1. The lowest BCUT2D eigenvalue weighted by Gasteiger charge is -2.11. The quantitative estimate of drug-likeness (QED) is 0.647. The first-order valence-corrected chi connectivity index (χ1v) is 9.52. The first kappa shape index (κ1) is 18.7. The van der Waals surface area contributed by atoms with Gasteiger partial charge in [-0.15, -0.1) is 11.8 Å². The Labute approximate surface area is 161 Å². The van der Waals surface area contributed by atoms with Crippen LogP contribution in [0.5, 0.6) is 0 Å². The van der Waals surface area contributed by atoms with Gasteiger partial charge in [0.15, 0.2) is 5.82 Å². The molecule has 0 saturated carbocycles. The molecule has 1 aromatic heterocycles. The standard InChI is InChI=1S/C20H19N3O3S/c1-14-11-18(23-26-14)22-20(25)13-27-12-19(24)21-17-10-6-5-9-16(17)15-7-3-2-4-8-15/h2-11H,12-13H2,1H3,(H,21,24)(H,22,23,25). The maximum absolute atomic E-state index is 12.2. The van der Waals surface area contributed by atoms with Gasteiger partial charge in [0.2, 0.25) is 11.8 Å². The molecule has 0 saturated heterocycles. The second kappa shape index (κ2) is 9.05. The minimum atomic E-state index is -0.231. The van der Waals surface area contributed by atoms with E-state index >= 15 is 0 Å². The van der Waals surface area contributed by atoms with E-state index in [1.807, 2.05) is 54.6 Å². The SMILES string of the molecule is Cc1cc(NC(=O)CSCC(=O)Nc2ccccc2-c2ccccc2)no1. The van der Waals surface area contributed by atoms with Gasteiger partial charge in [-0.25, -0.2) is 0 Å². The van der Waals surface area contributed by atoms with E-state index in [-0.39, 0.29) is 23.3 Å². The first-order chi connectivity index (χ1) is 13.1. The van der Waals surface area contributed by atoms with Crippen LogP contribution in [0.1, 0.15) is 5.76 Å². The second-order valence-electron chi connectivity index (χ2n) is 5.82. The molecule has 0 aliphatic heterocycles. The molecule has 0 aliphatic carbocycles. The van der Waals surface area contributed by atoms with Crippen molar-refractivity contribution >= 4 is 35.1 Å². The average molecular weight is 381 g/mol. The number of amides is 2. The average Bonchev–Trinajstić information content (AvgIpc) is 3.07. The van der Waals surface area contributed by atoms with Crippen molar-refractivity contribution in [2.24, 2.45) is 0 Å². The minimum Gasteiger partial charge on any atom is -0.360 e. The van der Waals surface area contributed by atoms with E-state index in [0.29, 0.717) is 11.6 Å². The largest absolute Gasteiger partial charge is 0.360 e. The van der Waals surface area contributed by atoms with Gasteiger partial charge < -0.3 is 15.2 Å². The highest BCUT2D eigenvalue weighted by Crippen LogP contribution is 2.27. The topological polar surface area (TPSA) is 84.2 Å². The maximum atomic E-state index is 12.2. The van der Waals surface area contributed by atoms with Crippen molar-refractivity contribution in [3.63, 3.8) is 0 Å². The molecule has 0 aliphatic rings. The molecule has 138 valence electrons. The monoisotopic (exact) mass is 381 g/mol. The molecule has 27 heavy (non-hydrogen) atoms. The van der Waals surface area contributed by atoms with Crippen LogP contribution in [0.2, 0.25) is 0 Å². The number of carbonyl (C=O) groups excluding carboxylic acids is 2. The van der Waals surface area contributed by atoms with Crippen LogP contribution in [0.15, 0.2) is 65.2 Å².